The van der Waals surface area contributed by atoms with Gasteiger partial charge in [0.05, 0.1) is 5.76 Å². The molecule has 0 bridgehead atoms. The number of rotatable bonds is 3. The molecule has 0 aliphatic rings. The van der Waals surface area contributed by atoms with Gasteiger partial charge in [0.25, 0.3) is 0 Å². The van der Waals surface area contributed by atoms with Crippen LogP contribution in [0.3, 0.4) is 0 Å². The molecule has 0 aliphatic carbocycles. The standard InChI is InChI=1S/C24H21GeN2.C5H8O2.Ir/c1-16-11-22-18(14-23(16)25(2,3)4)9-10-27-24(22)19-12-17-7-5-6-8-21(17)20(13-19)15-26;1-4(6)3-5(2)7;/h5-11,13-14H,1-4H3;3,6H,1-2H3;/q-1;;/b;4-3-;. The summed E-state index contributed by atoms with van der Waals surface area (Å²) < 4.78 is 1.53. The summed E-state index contributed by atoms with van der Waals surface area (Å²) in [6.45, 7) is 5.05. The summed E-state index contributed by atoms with van der Waals surface area (Å²) in [4.78, 5) is 14.7. The number of allylic oxidation sites excluding steroid dienone is 2. The Hall–Kier alpha value is -2.78. The van der Waals surface area contributed by atoms with Crippen LogP contribution >= 0.6 is 0 Å². The largest absolute Gasteiger partial charge is 0 e. The Bertz CT molecular complexity index is 1460. The summed E-state index contributed by atoms with van der Waals surface area (Å²) in [5.41, 5.74) is 3.77. The topological polar surface area (TPSA) is 74.0 Å². The summed E-state index contributed by atoms with van der Waals surface area (Å²) >= 11 is -1.94. The number of aromatic nitrogens is 1. The average Bonchev–Trinajstić information content (AvgIpc) is 2.76. The molecule has 0 saturated heterocycles. The van der Waals surface area contributed by atoms with Crippen molar-refractivity contribution in [1.29, 1.82) is 5.26 Å². The molecule has 4 nitrogen and oxygen atoms in total. The van der Waals surface area contributed by atoms with Crippen molar-refractivity contribution < 1.29 is 30.0 Å². The van der Waals surface area contributed by atoms with Crippen molar-refractivity contribution in [3.8, 4) is 17.3 Å². The van der Waals surface area contributed by atoms with E-state index < -0.39 is 13.3 Å². The van der Waals surface area contributed by atoms with Crippen LogP contribution in [0, 0.1) is 24.3 Å². The van der Waals surface area contributed by atoms with E-state index >= 15 is 0 Å². The zero-order valence-electron chi connectivity index (χ0n) is 20.9. The number of nitriles is 1. The molecule has 35 heavy (non-hydrogen) atoms. The molecular weight excluding hydrogens is 673 g/mol. The smallest absolute Gasteiger partial charge is 0 e. The van der Waals surface area contributed by atoms with Gasteiger partial charge in [0.15, 0.2) is 5.78 Å². The Morgan fingerprint density at radius 1 is 1.09 bits per heavy atom. The minimum atomic E-state index is -1.94. The Morgan fingerprint density at radius 3 is 2.34 bits per heavy atom. The second kappa shape index (κ2) is 11.8. The number of ketones is 1. The maximum atomic E-state index is 10.0. The maximum Gasteiger partial charge on any atom is 0 e. The number of carbonyl (C=O) groups excluding carboxylic acids is 1. The third-order valence-electron chi connectivity index (χ3n) is 5.48. The molecule has 3 aromatic carbocycles. The second-order valence-corrected chi connectivity index (χ2v) is 20.0. The molecule has 1 heterocycles. The fourth-order valence-electron chi connectivity index (χ4n) is 4.10. The summed E-state index contributed by atoms with van der Waals surface area (Å²) in [5, 5.41) is 22.2. The first-order chi connectivity index (χ1) is 16.0. The first kappa shape index (κ1) is 28.5. The van der Waals surface area contributed by atoms with Crippen LogP contribution in [0.4, 0.5) is 0 Å². The Kier molecular flexibility index (Phi) is 9.57. The number of hydrogen-bond donors (Lipinski definition) is 1. The van der Waals surface area contributed by atoms with E-state index in [1.54, 1.807) is 0 Å². The summed E-state index contributed by atoms with van der Waals surface area (Å²) in [5.74, 6) is 7.21. The fourth-order valence-corrected chi connectivity index (χ4v) is 7.96. The van der Waals surface area contributed by atoms with Crippen LogP contribution in [0.5, 0.6) is 0 Å². The van der Waals surface area contributed by atoms with Crippen LogP contribution in [-0.2, 0) is 24.9 Å². The van der Waals surface area contributed by atoms with Gasteiger partial charge in [-0.25, -0.2) is 0 Å². The van der Waals surface area contributed by atoms with Crippen molar-refractivity contribution in [2.45, 2.75) is 38.0 Å². The average molecular weight is 702 g/mol. The monoisotopic (exact) mass is 704 g/mol. The molecule has 0 spiro atoms. The normalized spacial score (nSPS) is 11.3. The van der Waals surface area contributed by atoms with Gasteiger partial charge in [0.2, 0.25) is 0 Å². The number of aliphatic hydroxyl groups is 1. The van der Waals surface area contributed by atoms with E-state index in [9.17, 15) is 10.1 Å². The Balaban J connectivity index is 0.000000476. The van der Waals surface area contributed by atoms with Crippen molar-refractivity contribution in [1.82, 2.24) is 4.98 Å². The molecule has 0 aliphatic heterocycles. The van der Waals surface area contributed by atoms with Gasteiger partial charge in [-0.2, -0.15) is 0 Å². The van der Waals surface area contributed by atoms with Crippen LogP contribution < -0.4 is 4.40 Å². The molecule has 4 aromatic rings. The molecule has 0 unspecified atom stereocenters. The minimum Gasteiger partial charge on any atom is 0 e. The quantitative estimate of drug-likeness (QED) is 0.113. The fraction of sp³-hybridized carbons (Fsp3) is 0.207. The summed E-state index contributed by atoms with van der Waals surface area (Å²) in [6.07, 6.45) is 3.03. The van der Waals surface area contributed by atoms with Gasteiger partial charge in [-0.05, 0) is 13.8 Å². The molecular formula is C29H29GeIrN2O2-. The van der Waals surface area contributed by atoms with Gasteiger partial charge in [-0.1, -0.05) is 0 Å². The van der Waals surface area contributed by atoms with E-state index in [-0.39, 0.29) is 31.6 Å². The van der Waals surface area contributed by atoms with E-state index in [4.69, 9.17) is 5.11 Å². The molecule has 0 amide bonds. The van der Waals surface area contributed by atoms with Crippen LogP contribution in [0.1, 0.15) is 25.0 Å². The van der Waals surface area contributed by atoms with Gasteiger partial charge >= 0.3 is 163 Å². The molecule has 0 saturated carbocycles. The Labute approximate surface area is 223 Å². The molecule has 4 rings (SSSR count). The number of aliphatic hydroxyl groups excluding tert-OH is 1. The number of benzene rings is 3. The number of hydrogen-bond acceptors (Lipinski definition) is 4. The number of pyridine rings is 1. The van der Waals surface area contributed by atoms with E-state index in [1.165, 1.54) is 35.3 Å². The van der Waals surface area contributed by atoms with Crippen molar-refractivity contribution in [2.24, 2.45) is 0 Å². The number of nitrogens with zero attached hydrogens (tertiary/aromatic N) is 2. The van der Waals surface area contributed by atoms with Crippen molar-refractivity contribution in [3.63, 3.8) is 0 Å². The van der Waals surface area contributed by atoms with Gasteiger partial charge in [0, 0.05) is 26.2 Å². The molecule has 181 valence electrons. The van der Waals surface area contributed by atoms with Crippen LogP contribution in [0.25, 0.3) is 32.8 Å². The van der Waals surface area contributed by atoms with Gasteiger partial charge in [-0.3, -0.25) is 4.79 Å². The molecule has 1 aromatic heterocycles. The first-order valence-electron chi connectivity index (χ1n) is 11.1. The second-order valence-electron chi connectivity index (χ2n) is 9.45. The first-order valence-corrected chi connectivity index (χ1v) is 18.5. The van der Waals surface area contributed by atoms with E-state index in [0.29, 0.717) is 5.56 Å². The summed E-state index contributed by atoms with van der Waals surface area (Å²) in [7, 11) is 0. The van der Waals surface area contributed by atoms with E-state index in [0.717, 1.165) is 27.4 Å². The zero-order valence-corrected chi connectivity index (χ0v) is 25.3. The van der Waals surface area contributed by atoms with Crippen LogP contribution in [-0.4, -0.2) is 29.1 Å². The molecule has 0 atom stereocenters. The predicted molar refractivity (Wildman–Crippen MR) is 143 cm³/mol. The van der Waals surface area contributed by atoms with E-state index in [1.807, 2.05) is 36.5 Å². The number of aryl methyl sites for hydroxylation is 1. The van der Waals surface area contributed by atoms with Crippen molar-refractivity contribution in [3.05, 3.63) is 83.8 Å². The number of carbonyl (C=O) groups is 1. The van der Waals surface area contributed by atoms with Gasteiger partial charge < -0.3 is 5.11 Å². The molecule has 1 N–H and O–H groups in total. The number of fused-ring (bicyclic) bond motifs is 2. The molecule has 6 heteroatoms. The van der Waals surface area contributed by atoms with Crippen LogP contribution in [0.2, 0.25) is 17.3 Å². The summed E-state index contributed by atoms with van der Waals surface area (Å²) in [6, 6.07) is 22.3. The minimum absolute atomic E-state index is 0. The SMILES string of the molecule is CC(=O)/C=C(/C)O.Cc1cc2c(-c3[c-]c4ccccc4c(C#N)c3)nccc2c[c]1[Ge]([CH3])([CH3])[CH3].[Ir]. The maximum absolute atomic E-state index is 10.0. The third-order valence-corrected chi connectivity index (χ3v) is 10.0. The van der Waals surface area contributed by atoms with Crippen molar-refractivity contribution in [2.75, 3.05) is 0 Å². The third kappa shape index (κ3) is 6.89. The van der Waals surface area contributed by atoms with Gasteiger partial charge in [0.1, 0.15) is 0 Å². The predicted octanol–water partition coefficient (Wildman–Crippen LogP) is 6.62. The van der Waals surface area contributed by atoms with Crippen molar-refractivity contribution >= 4 is 45.0 Å². The zero-order chi connectivity index (χ0) is 25.0. The van der Waals surface area contributed by atoms with Crippen LogP contribution in [0.15, 0.2) is 66.6 Å². The molecule has 1 radical (unpaired) electrons. The molecule has 0 fully saturated rings. The Morgan fingerprint density at radius 2 is 1.77 bits per heavy atom. The van der Waals surface area contributed by atoms with E-state index in [2.05, 4.69) is 59.5 Å². The van der Waals surface area contributed by atoms with Gasteiger partial charge in [-0.15, -0.1) is 0 Å².